The summed E-state index contributed by atoms with van der Waals surface area (Å²) >= 11 is 0. The predicted molar refractivity (Wildman–Crippen MR) is 87.3 cm³/mol. The van der Waals surface area contributed by atoms with Gasteiger partial charge in [0.05, 0.1) is 0 Å². The lowest BCUT2D eigenvalue weighted by molar-refractivity contribution is 0.319. The maximum Gasteiger partial charge on any atom is 0.0488 e. The summed E-state index contributed by atoms with van der Waals surface area (Å²) in [5.41, 5.74) is 4.36. The molecule has 0 aliphatic rings. The van der Waals surface area contributed by atoms with Crippen LogP contribution in [0.25, 0.3) is 10.8 Å². The minimum atomic E-state index is 0.250. The summed E-state index contributed by atoms with van der Waals surface area (Å²) in [4.78, 5) is 0. The highest BCUT2D eigenvalue weighted by atomic mass is 15.2. The van der Waals surface area contributed by atoms with Gasteiger partial charge in [0, 0.05) is 6.04 Å². The first-order chi connectivity index (χ1) is 9.80. The van der Waals surface area contributed by atoms with E-state index < -0.39 is 0 Å². The Morgan fingerprint density at radius 3 is 2.20 bits per heavy atom. The van der Waals surface area contributed by atoms with Crippen molar-refractivity contribution in [2.24, 2.45) is 11.8 Å². The molecule has 0 heterocycles. The smallest absolute Gasteiger partial charge is 0.0488 e. The van der Waals surface area contributed by atoms with E-state index in [0.29, 0.717) is 5.92 Å². The van der Waals surface area contributed by atoms with Crippen LogP contribution < -0.4 is 11.3 Å². The van der Waals surface area contributed by atoms with Crippen LogP contribution in [0.3, 0.4) is 0 Å². The number of hydrazine groups is 1. The quantitative estimate of drug-likeness (QED) is 0.571. The molecule has 20 heavy (non-hydrogen) atoms. The first-order valence-electron chi connectivity index (χ1n) is 7.75. The summed E-state index contributed by atoms with van der Waals surface area (Å²) in [6.07, 6.45) is 4.85. The molecule has 0 aliphatic heterocycles. The lowest BCUT2D eigenvalue weighted by Gasteiger charge is -2.27. The van der Waals surface area contributed by atoms with Crippen molar-refractivity contribution in [1.82, 2.24) is 5.43 Å². The van der Waals surface area contributed by atoms with Crippen LogP contribution in [0.15, 0.2) is 42.5 Å². The van der Waals surface area contributed by atoms with E-state index in [9.17, 15) is 0 Å². The summed E-state index contributed by atoms with van der Waals surface area (Å²) in [6, 6.07) is 15.4. The van der Waals surface area contributed by atoms with E-state index in [1.165, 1.54) is 42.0 Å². The van der Waals surface area contributed by atoms with E-state index in [4.69, 9.17) is 5.84 Å². The van der Waals surface area contributed by atoms with Gasteiger partial charge in [-0.25, -0.2) is 0 Å². The zero-order valence-electron chi connectivity index (χ0n) is 12.6. The molecule has 0 fully saturated rings. The van der Waals surface area contributed by atoms with Gasteiger partial charge in [0.2, 0.25) is 0 Å². The molecule has 0 saturated heterocycles. The fourth-order valence-electron chi connectivity index (χ4n) is 3.12. The van der Waals surface area contributed by atoms with Gasteiger partial charge in [0.1, 0.15) is 0 Å². The second-order valence-electron chi connectivity index (χ2n) is 5.59. The van der Waals surface area contributed by atoms with Crippen LogP contribution in [0.2, 0.25) is 0 Å². The highest BCUT2D eigenvalue weighted by Gasteiger charge is 2.20. The maximum atomic E-state index is 5.86. The van der Waals surface area contributed by atoms with Crippen molar-refractivity contribution in [1.29, 1.82) is 0 Å². The molecule has 1 unspecified atom stereocenters. The van der Waals surface area contributed by atoms with Gasteiger partial charge < -0.3 is 0 Å². The Labute approximate surface area is 122 Å². The van der Waals surface area contributed by atoms with E-state index in [1.54, 1.807) is 0 Å². The van der Waals surface area contributed by atoms with Crippen LogP contribution in [-0.4, -0.2) is 0 Å². The Morgan fingerprint density at radius 2 is 1.60 bits per heavy atom. The van der Waals surface area contributed by atoms with Crippen LogP contribution in [0.1, 0.15) is 51.1 Å². The molecule has 2 heteroatoms. The monoisotopic (exact) mass is 270 g/mol. The topological polar surface area (TPSA) is 38.0 Å². The Hall–Kier alpha value is -1.38. The predicted octanol–water partition coefficient (Wildman–Crippen LogP) is 4.56. The lowest BCUT2D eigenvalue weighted by atomic mass is 9.86. The standard InChI is InChI=1S/C18H26N2/c1-3-7-15(8-4-2)18(20-19)17-12-11-14-9-5-6-10-16(14)13-17/h5-6,9-13,15,18,20H,3-4,7-8,19H2,1-2H3. The molecule has 2 aromatic rings. The molecule has 0 saturated carbocycles. The van der Waals surface area contributed by atoms with Crippen molar-refractivity contribution >= 4 is 10.8 Å². The molecular formula is C18H26N2. The fraction of sp³-hybridized carbons (Fsp3) is 0.444. The van der Waals surface area contributed by atoms with Gasteiger partial charge in [0.15, 0.2) is 0 Å². The van der Waals surface area contributed by atoms with E-state index in [-0.39, 0.29) is 6.04 Å². The molecule has 0 aliphatic carbocycles. The van der Waals surface area contributed by atoms with Crippen LogP contribution in [0.5, 0.6) is 0 Å². The van der Waals surface area contributed by atoms with Crippen molar-refractivity contribution in [3.05, 3.63) is 48.0 Å². The van der Waals surface area contributed by atoms with Gasteiger partial charge in [-0.3, -0.25) is 11.3 Å². The molecule has 0 aromatic heterocycles. The van der Waals surface area contributed by atoms with Gasteiger partial charge in [-0.15, -0.1) is 0 Å². The van der Waals surface area contributed by atoms with Crippen LogP contribution >= 0.6 is 0 Å². The molecule has 2 aromatic carbocycles. The van der Waals surface area contributed by atoms with Gasteiger partial charge >= 0.3 is 0 Å². The van der Waals surface area contributed by atoms with Crippen LogP contribution in [-0.2, 0) is 0 Å². The molecule has 1 atom stereocenters. The maximum absolute atomic E-state index is 5.86. The molecule has 2 nitrogen and oxygen atoms in total. The first kappa shape index (κ1) is 15.0. The van der Waals surface area contributed by atoms with Crippen LogP contribution in [0, 0.1) is 5.92 Å². The van der Waals surface area contributed by atoms with Gasteiger partial charge in [-0.05, 0) is 41.2 Å². The summed E-state index contributed by atoms with van der Waals surface area (Å²) in [5, 5.41) is 2.58. The second kappa shape index (κ2) is 7.41. The Kier molecular flexibility index (Phi) is 5.57. The number of hydrogen-bond acceptors (Lipinski definition) is 2. The SMILES string of the molecule is CCCC(CCC)C(NN)c1ccc2ccccc2c1. The first-order valence-corrected chi connectivity index (χ1v) is 7.75. The largest absolute Gasteiger partial charge is 0.271 e. The van der Waals surface area contributed by atoms with E-state index >= 15 is 0 Å². The van der Waals surface area contributed by atoms with Gasteiger partial charge in [-0.2, -0.15) is 0 Å². The summed E-state index contributed by atoms with van der Waals surface area (Å²) < 4.78 is 0. The zero-order valence-corrected chi connectivity index (χ0v) is 12.6. The third-order valence-electron chi connectivity index (χ3n) is 4.10. The third kappa shape index (κ3) is 3.38. The highest BCUT2D eigenvalue weighted by molar-refractivity contribution is 5.83. The minimum Gasteiger partial charge on any atom is -0.271 e. The highest BCUT2D eigenvalue weighted by Crippen LogP contribution is 2.30. The molecule has 0 spiro atoms. The van der Waals surface area contributed by atoms with Crippen molar-refractivity contribution in [3.8, 4) is 0 Å². The molecular weight excluding hydrogens is 244 g/mol. The van der Waals surface area contributed by atoms with Crippen molar-refractivity contribution in [3.63, 3.8) is 0 Å². The van der Waals surface area contributed by atoms with Gasteiger partial charge in [-0.1, -0.05) is 63.1 Å². The molecule has 0 amide bonds. The Morgan fingerprint density at radius 1 is 0.950 bits per heavy atom. The van der Waals surface area contributed by atoms with Crippen molar-refractivity contribution < 1.29 is 0 Å². The van der Waals surface area contributed by atoms with Gasteiger partial charge in [0.25, 0.3) is 0 Å². The molecule has 108 valence electrons. The number of benzene rings is 2. The number of nitrogens with one attached hydrogen (secondary N) is 1. The van der Waals surface area contributed by atoms with E-state index in [1.807, 2.05) is 0 Å². The number of rotatable bonds is 7. The third-order valence-corrected chi connectivity index (χ3v) is 4.10. The number of fused-ring (bicyclic) bond motifs is 1. The fourth-order valence-corrected chi connectivity index (χ4v) is 3.12. The van der Waals surface area contributed by atoms with Crippen molar-refractivity contribution in [2.75, 3.05) is 0 Å². The van der Waals surface area contributed by atoms with E-state index in [0.717, 1.165) is 0 Å². The second-order valence-corrected chi connectivity index (χ2v) is 5.59. The molecule has 0 bridgehead atoms. The molecule has 0 radical (unpaired) electrons. The minimum absolute atomic E-state index is 0.250. The average molecular weight is 270 g/mol. The van der Waals surface area contributed by atoms with E-state index in [2.05, 4.69) is 61.7 Å². The molecule has 2 rings (SSSR count). The normalized spacial score (nSPS) is 13.0. The van der Waals surface area contributed by atoms with Crippen LogP contribution in [0.4, 0.5) is 0 Å². The summed E-state index contributed by atoms with van der Waals surface area (Å²) in [5.74, 6) is 6.47. The Balaban J connectivity index is 2.31. The average Bonchev–Trinajstić information content (AvgIpc) is 2.48. The van der Waals surface area contributed by atoms with Crippen molar-refractivity contribution in [2.45, 2.75) is 45.6 Å². The molecule has 3 N–H and O–H groups in total. The summed E-state index contributed by atoms with van der Waals surface area (Å²) in [6.45, 7) is 4.49. The zero-order chi connectivity index (χ0) is 14.4. The Bertz CT molecular complexity index is 530. The number of nitrogens with two attached hydrogens (primary N) is 1. The number of hydrogen-bond donors (Lipinski definition) is 2. The summed E-state index contributed by atoms with van der Waals surface area (Å²) in [7, 11) is 0. The lowest BCUT2D eigenvalue weighted by Crippen LogP contribution is -2.33.